The number of anilines is 1. The number of benzene rings is 1. The molecule has 0 saturated carbocycles. The summed E-state index contributed by atoms with van der Waals surface area (Å²) < 4.78 is 34.1. The Morgan fingerprint density at radius 1 is 1.16 bits per heavy atom. The molecule has 2 heterocycles. The molecule has 200 valence electrons. The molecule has 0 spiro atoms. The molecule has 0 aliphatic carbocycles. The predicted octanol–water partition coefficient (Wildman–Crippen LogP) is 4.01. The summed E-state index contributed by atoms with van der Waals surface area (Å²) in [4.78, 5) is 22.5. The van der Waals surface area contributed by atoms with E-state index in [1.54, 1.807) is 18.2 Å². The van der Waals surface area contributed by atoms with Gasteiger partial charge >= 0.3 is 0 Å². The van der Waals surface area contributed by atoms with Crippen LogP contribution in [0.5, 0.6) is 0 Å². The number of hydrogen-bond donors (Lipinski definition) is 3. The lowest BCUT2D eigenvalue weighted by atomic mass is 9.85. The summed E-state index contributed by atoms with van der Waals surface area (Å²) in [6.45, 7) is 5.63. The molecule has 1 unspecified atom stereocenters. The number of pyridine rings is 1. The van der Waals surface area contributed by atoms with E-state index in [4.69, 9.17) is 21.2 Å². The number of nitrogens with zero attached hydrogens (tertiary/aromatic N) is 3. The molecule has 0 bridgehead atoms. The highest BCUT2D eigenvalue weighted by molar-refractivity contribution is 5.81. The number of aromatic nitrogens is 3. The zero-order chi connectivity index (χ0) is 27.2. The molecule has 37 heavy (non-hydrogen) atoms. The van der Waals surface area contributed by atoms with Crippen LogP contribution in [0.4, 0.5) is 14.6 Å². The van der Waals surface area contributed by atoms with Gasteiger partial charge in [-0.25, -0.2) is 18.7 Å². The number of alkyl halides is 1. The van der Waals surface area contributed by atoms with Gasteiger partial charge in [0.2, 0.25) is 5.91 Å². The number of carbonyl (C=O) groups is 1. The van der Waals surface area contributed by atoms with Crippen molar-refractivity contribution in [2.45, 2.75) is 58.3 Å². The maximum Gasteiger partial charge on any atom is 0.249 e. The Morgan fingerprint density at radius 2 is 1.89 bits per heavy atom. The predicted molar refractivity (Wildman–Crippen MR) is 140 cm³/mol. The first-order valence-electron chi connectivity index (χ1n) is 12.2. The molecule has 3 aromatic rings. The number of nitrogens with two attached hydrogens (primary N) is 2. The number of nitrogens with one attached hydrogen (secondary N) is 1. The van der Waals surface area contributed by atoms with Crippen LogP contribution in [0.1, 0.15) is 51.2 Å². The van der Waals surface area contributed by atoms with Gasteiger partial charge in [0.1, 0.15) is 30.2 Å². The minimum absolute atomic E-state index is 0.278. The topological polar surface area (TPSA) is 121 Å². The van der Waals surface area contributed by atoms with Gasteiger partial charge in [-0.3, -0.25) is 4.79 Å². The van der Waals surface area contributed by atoms with Crippen LogP contribution in [0.3, 0.4) is 0 Å². The summed E-state index contributed by atoms with van der Waals surface area (Å²) in [6, 6.07) is 10.4. The first kappa shape index (κ1) is 28.2. The van der Waals surface area contributed by atoms with Crippen molar-refractivity contribution in [2.75, 3.05) is 19.5 Å². The van der Waals surface area contributed by atoms with Gasteiger partial charge in [0.05, 0.1) is 24.0 Å². The van der Waals surface area contributed by atoms with Crippen molar-refractivity contribution in [3.8, 4) is 11.3 Å². The molecule has 1 amide bonds. The number of imidazole rings is 1. The molecular weight excluding hydrogens is 478 g/mol. The van der Waals surface area contributed by atoms with E-state index in [0.29, 0.717) is 41.6 Å². The van der Waals surface area contributed by atoms with Gasteiger partial charge in [-0.2, -0.15) is 0 Å². The third-order valence-corrected chi connectivity index (χ3v) is 6.07. The van der Waals surface area contributed by atoms with Crippen molar-refractivity contribution in [3.63, 3.8) is 0 Å². The van der Waals surface area contributed by atoms with Gasteiger partial charge in [-0.15, -0.1) is 0 Å². The van der Waals surface area contributed by atoms with Gasteiger partial charge in [-0.1, -0.05) is 39.0 Å². The van der Waals surface area contributed by atoms with E-state index >= 15 is 0 Å². The van der Waals surface area contributed by atoms with Crippen LogP contribution >= 0.6 is 0 Å². The van der Waals surface area contributed by atoms with Crippen LogP contribution < -0.4 is 16.8 Å². The second kappa shape index (κ2) is 12.2. The number of ether oxygens (including phenoxy) is 1. The Kier molecular flexibility index (Phi) is 9.34. The van der Waals surface area contributed by atoms with E-state index in [1.807, 2.05) is 43.7 Å². The quantitative estimate of drug-likeness (QED) is 0.356. The molecule has 0 fully saturated rings. The van der Waals surface area contributed by atoms with E-state index < -0.39 is 30.3 Å². The summed E-state index contributed by atoms with van der Waals surface area (Å²) >= 11 is 0. The fourth-order valence-electron chi connectivity index (χ4n) is 4.04. The lowest BCUT2D eigenvalue weighted by Gasteiger charge is -2.32. The highest BCUT2D eigenvalue weighted by Crippen LogP contribution is 2.34. The fourth-order valence-corrected chi connectivity index (χ4v) is 4.04. The third-order valence-electron chi connectivity index (χ3n) is 6.07. The SMILES string of the molecule is COC(CC[C@H](N)CF)C(=O)N[C@@H](c1nc(-c2cccc(F)c2)cn1Cc1cccc(N)n1)C(C)(C)C. The first-order valence-corrected chi connectivity index (χ1v) is 12.2. The molecular formula is C27H36F2N6O2. The molecule has 2 aromatic heterocycles. The van der Waals surface area contributed by atoms with E-state index in [-0.39, 0.29) is 18.1 Å². The Hall–Kier alpha value is -3.37. The normalized spacial score (nSPS) is 14.2. The standard InChI is InChI=1S/C27H36F2N6O2/c1-27(2,3)24(34-26(36)22(37-4)12-11-19(30)14-28)25-33-21(17-7-5-8-18(29)13-17)16-35(25)15-20-9-6-10-23(31)32-20/h5-10,13,16,19,22,24H,11-12,14-15,30H2,1-4H3,(H2,31,32)(H,34,36)/t19-,22?,24-/m0/s1. The fraction of sp³-hybridized carbons (Fsp3) is 0.444. The van der Waals surface area contributed by atoms with Gasteiger partial charge in [0, 0.05) is 24.9 Å². The van der Waals surface area contributed by atoms with Gasteiger partial charge in [0.15, 0.2) is 0 Å². The van der Waals surface area contributed by atoms with Crippen LogP contribution in [-0.2, 0) is 16.1 Å². The molecule has 5 N–H and O–H groups in total. The second-order valence-corrected chi connectivity index (χ2v) is 10.2. The number of methoxy groups -OCH3 is 1. The van der Waals surface area contributed by atoms with Crippen molar-refractivity contribution in [1.29, 1.82) is 0 Å². The molecule has 1 aromatic carbocycles. The summed E-state index contributed by atoms with van der Waals surface area (Å²) in [7, 11) is 1.44. The van der Waals surface area contributed by atoms with Crippen LogP contribution in [0.2, 0.25) is 0 Å². The molecule has 0 aliphatic rings. The molecule has 8 nitrogen and oxygen atoms in total. The Bertz CT molecular complexity index is 1190. The minimum Gasteiger partial charge on any atom is -0.384 e. The second-order valence-electron chi connectivity index (χ2n) is 10.2. The lowest BCUT2D eigenvalue weighted by Crippen LogP contribution is -2.44. The van der Waals surface area contributed by atoms with E-state index in [0.717, 1.165) is 0 Å². The van der Waals surface area contributed by atoms with Crippen LogP contribution in [0.25, 0.3) is 11.3 Å². The van der Waals surface area contributed by atoms with Crippen molar-refractivity contribution < 1.29 is 18.3 Å². The van der Waals surface area contributed by atoms with E-state index in [1.165, 1.54) is 19.2 Å². The summed E-state index contributed by atoms with van der Waals surface area (Å²) in [6.07, 6.45) is 1.60. The maximum absolute atomic E-state index is 14.0. The Labute approximate surface area is 216 Å². The third kappa shape index (κ3) is 7.56. The van der Waals surface area contributed by atoms with E-state index in [9.17, 15) is 13.6 Å². The lowest BCUT2D eigenvalue weighted by molar-refractivity contribution is -0.133. The number of carbonyl (C=O) groups excluding carboxylic acids is 1. The van der Waals surface area contributed by atoms with Crippen molar-refractivity contribution in [2.24, 2.45) is 11.1 Å². The minimum atomic E-state index is -0.802. The Balaban J connectivity index is 2.01. The zero-order valence-electron chi connectivity index (χ0n) is 21.7. The van der Waals surface area contributed by atoms with Crippen molar-refractivity contribution >= 4 is 11.7 Å². The summed E-state index contributed by atoms with van der Waals surface area (Å²) in [5, 5.41) is 3.08. The Morgan fingerprint density at radius 3 is 2.51 bits per heavy atom. The van der Waals surface area contributed by atoms with Crippen LogP contribution in [-0.4, -0.2) is 46.4 Å². The molecule has 10 heteroatoms. The molecule has 3 rings (SSSR count). The number of halogens is 2. The van der Waals surface area contributed by atoms with Gasteiger partial charge in [-0.05, 0) is 42.5 Å². The van der Waals surface area contributed by atoms with Crippen LogP contribution in [0.15, 0.2) is 48.7 Å². The number of amides is 1. The summed E-state index contributed by atoms with van der Waals surface area (Å²) in [5.41, 5.74) is 13.0. The molecule has 3 atom stereocenters. The number of hydrogen-bond acceptors (Lipinski definition) is 6. The zero-order valence-corrected chi connectivity index (χ0v) is 21.7. The average molecular weight is 515 g/mol. The average Bonchev–Trinajstić information content (AvgIpc) is 3.25. The summed E-state index contributed by atoms with van der Waals surface area (Å²) in [5.74, 6) is 0.234. The largest absolute Gasteiger partial charge is 0.384 e. The van der Waals surface area contributed by atoms with Gasteiger partial charge in [0.25, 0.3) is 0 Å². The highest BCUT2D eigenvalue weighted by atomic mass is 19.1. The van der Waals surface area contributed by atoms with Gasteiger partial charge < -0.3 is 26.1 Å². The molecule has 0 aliphatic heterocycles. The maximum atomic E-state index is 14.0. The monoisotopic (exact) mass is 514 g/mol. The highest BCUT2D eigenvalue weighted by Gasteiger charge is 2.34. The van der Waals surface area contributed by atoms with Crippen molar-refractivity contribution in [1.82, 2.24) is 19.9 Å². The smallest absolute Gasteiger partial charge is 0.249 e. The molecule has 0 saturated heterocycles. The number of nitrogen functional groups attached to an aromatic ring is 1. The first-order chi connectivity index (χ1) is 17.5. The van der Waals surface area contributed by atoms with Crippen LogP contribution in [0, 0.1) is 11.2 Å². The molecule has 0 radical (unpaired) electrons. The number of rotatable bonds is 11. The van der Waals surface area contributed by atoms with Crippen molar-refractivity contribution in [3.05, 3.63) is 66.0 Å². The van der Waals surface area contributed by atoms with E-state index in [2.05, 4.69) is 10.3 Å².